The van der Waals surface area contributed by atoms with E-state index < -0.39 is 0 Å². The number of anilines is 3. The van der Waals surface area contributed by atoms with Gasteiger partial charge in [0.25, 0.3) is 0 Å². The van der Waals surface area contributed by atoms with E-state index in [1.807, 2.05) is 51.1 Å². The first-order valence-corrected chi connectivity index (χ1v) is 6.80. The van der Waals surface area contributed by atoms with Crippen LogP contribution in [-0.2, 0) is 0 Å². The fourth-order valence-corrected chi connectivity index (χ4v) is 1.85. The second-order valence-corrected chi connectivity index (χ2v) is 4.33. The Balaban J connectivity index is 2.18. The molecule has 0 unspecified atom stereocenters. The Morgan fingerprint density at radius 1 is 1.15 bits per heavy atom. The Morgan fingerprint density at radius 3 is 2.75 bits per heavy atom. The quantitative estimate of drug-likeness (QED) is 0.844. The molecule has 2 rings (SSSR count). The highest BCUT2D eigenvalue weighted by molar-refractivity contribution is 5.59. The highest BCUT2D eigenvalue weighted by atomic mass is 16.5. The molecule has 0 spiro atoms. The monoisotopic (exact) mass is 272 g/mol. The van der Waals surface area contributed by atoms with Gasteiger partial charge in [-0.05, 0) is 32.9 Å². The summed E-state index contributed by atoms with van der Waals surface area (Å²) in [5, 5.41) is 6.39. The average Bonchev–Trinajstić information content (AvgIpc) is 2.39. The number of aromatic nitrogens is 2. The van der Waals surface area contributed by atoms with Gasteiger partial charge < -0.3 is 15.4 Å². The zero-order valence-electron chi connectivity index (χ0n) is 12.1. The molecule has 0 aliphatic carbocycles. The standard InChI is InChI=1S/C15H20N4O/c1-4-16-15-17-11(3)9-14(19-15)18-12-7-6-8-13(10-12)20-5-2/h6-10H,4-5H2,1-3H3,(H2,16,17,18,19). The van der Waals surface area contributed by atoms with E-state index in [0.717, 1.165) is 29.5 Å². The van der Waals surface area contributed by atoms with Crippen LogP contribution in [-0.4, -0.2) is 23.1 Å². The van der Waals surface area contributed by atoms with Gasteiger partial charge in [-0.25, -0.2) is 4.98 Å². The third kappa shape index (κ3) is 3.85. The van der Waals surface area contributed by atoms with Crippen LogP contribution in [0.4, 0.5) is 17.5 Å². The van der Waals surface area contributed by atoms with Crippen LogP contribution < -0.4 is 15.4 Å². The first-order valence-electron chi connectivity index (χ1n) is 6.80. The molecule has 0 bridgehead atoms. The predicted octanol–water partition coefficient (Wildman–Crippen LogP) is 3.36. The largest absolute Gasteiger partial charge is 0.494 e. The van der Waals surface area contributed by atoms with Crippen molar-refractivity contribution in [3.05, 3.63) is 36.0 Å². The molecule has 0 amide bonds. The van der Waals surface area contributed by atoms with Crippen LogP contribution in [0.15, 0.2) is 30.3 Å². The predicted molar refractivity (Wildman–Crippen MR) is 81.8 cm³/mol. The van der Waals surface area contributed by atoms with Crippen LogP contribution in [0.5, 0.6) is 5.75 Å². The lowest BCUT2D eigenvalue weighted by atomic mass is 10.3. The topological polar surface area (TPSA) is 59.1 Å². The summed E-state index contributed by atoms with van der Waals surface area (Å²) in [4.78, 5) is 8.75. The summed E-state index contributed by atoms with van der Waals surface area (Å²) in [7, 11) is 0. The fourth-order valence-electron chi connectivity index (χ4n) is 1.85. The maximum absolute atomic E-state index is 5.49. The summed E-state index contributed by atoms with van der Waals surface area (Å²) in [6.45, 7) is 7.38. The fraction of sp³-hybridized carbons (Fsp3) is 0.333. The molecule has 0 saturated heterocycles. The van der Waals surface area contributed by atoms with Crippen LogP contribution in [0.3, 0.4) is 0 Å². The Labute approximate surface area is 119 Å². The number of rotatable bonds is 6. The van der Waals surface area contributed by atoms with Crippen molar-refractivity contribution in [3.63, 3.8) is 0 Å². The van der Waals surface area contributed by atoms with Crippen molar-refractivity contribution in [1.82, 2.24) is 9.97 Å². The van der Waals surface area contributed by atoms with Crippen LogP contribution in [0.2, 0.25) is 0 Å². The van der Waals surface area contributed by atoms with Crippen LogP contribution in [0.25, 0.3) is 0 Å². The third-order valence-electron chi connectivity index (χ3n) is 2.61. The number of nitrogens with one attached hydrogen (secondary N) is 2. The zero-order chi connectivity index (χ0) is 14.4. The van der Waals surface area contributed by atoms with Crippen molar-refractivity contribution >= 4 is 17.5 Å². The molecule has 2 aromatic rings. The molecule has 0 fully saturated rings. The second kappa shape index (κ2) is 6.75. The molecular formula is C15H20N4O. The second-order valence-electron chi connectivity index (χ2n) is 4.33. The van der Waals surface area contributed by atoms with E-state index >= 15 is 0 Å². The summed E-state index contributed by atoms with van der Waals surface area (Å²) < 4.78 is 5.49. The van der Waals surface area contributed by atoms with Gasteiger partial charge in [-0.15, -0.1) is 0 Å². The summed E-state index contributed by atoms with van der Waals surface area (Å²) >= 11 is 0. The van der Waals surface area contributed by atoms with Crippen LogP contribution in [0.1, 0.15) is 19.5 Å². The normalized spacial score (nSPS) is 10.2. The first kappa shape index (κ1) is 14.1. The molecule has 5 nitrogen and oxygen atoms in total. The lowest BCUT2D eigenvalue weighted by molar-refractivity contribution is 0.340. The highest BCUT2D eigenvalue weighted by Crippen LogP contribution is 2.21. The summed E-state index contributed by atoms with van der Waals surface area (Å²) in [6, 6.07) is 9.73. The minimum Gasteiger partial charge on any atom is -0.494 e. The zero-order valence-corrected chi connectivity index (χ0v) is 12.1. The Hall–Kier alpha value is -2.30. The highest BCUT2D eigenvalue weighted by Gasteiger charge is 2.03. The molecule has 20 heavy (non-hydrogen) atoms. The van der Waals surface area contributed by atoms with Gasteiger partial charge in [0.15, 0.2) is 0 Å². The Morgan fingerprint density at radius 2 is 2.00 bits per heavy atom. The smallest absolute Gasteiger partial charge is 0.224 e. The third-order valence-corrected chi connectivity index (χ3v) is 2.61. The number of benzene rings is 1. The van der Waals surface area contributed by atoms with Gasteiger partial charge in [-0.1, -0.05) is 6.07 Å². The van der Waals surface area contributed by atoms with Crippen molar-refractivity contribution in [1.29, 1.82) is 0 Å². The van der Waals surface area contributed by atoms with Gasteiger partial charge >= 0.3 is 0 Å². The van der Waals surface area contributed by atoms with E-state index in [4.69, 9.17) is 4.74 Å². The van der Waals surface area contributed by atoms with Gasteiger partial charge in [-0.2, -0.15) is 4.98 Å². The van der Waals surface area contributed by atoms with E-state index in [1.165, 1.54) is 0 Å². The van der Waals surface area contributed by atoms with E-state index in [0.29, 0.717) is 12.6 Å². The van der Waals surface area contributed by atoms with Crippen LogP contribution in [0, 0.1) is 6.92 Å². The Kier molecular flexibility index (Phi) is 4.76. The van der Waals surface area contributed by atoms with Gasteiger partial charge in [0, 0.05) is 30.1 Å². The van der Waals surface area contributed by atoms with Crippen molar-refractivity contribution in [2.75, 3.05) is 23.8 Å². The molecule has 0 aliphatic rings. The van der Waals surface area contributed by atoms with Crippen molar-refractivity contribution in [2.24, 2.45) is 0 Å². The number of nitrogens with zero attached hydrogens (tertiary/aromatic N) is 2. The Bertz CT molecular complexity index is 572. The maximum Gasteiger partial charge on any atom is 0.224 e. The number of hydrogen-bond acceptors (Lipinski definition) is 5. The maximum atomic E-state index is 5.49. The molecule has 0 radical (unpaired) electrons. The summed E-state index contributed by atoms with van der Waals surface area (Å²) in [5.74, 6) is 2.24. The molecule has 0 atom stereocenters. The molecule has 0 aliphatic heterocycles. The van der Waals surface area contributed by atoms with Gasteiger partial charge in [-0.3, -0.25) is 0 Å². The van der Waals surface area contributed by atoms with E-state index in [9.17, 15) is 0 Å². The van der Waals surface area contributed by atoms with Crippen molar-refractivity contribution in [2.45, 2.75) is 20.8 Å². The SMILES string of the molecule is CCNc1nc(C)cc(Nc2cccc(OCC)c2)n1. The number of ether oxygens (including phenoxy) is 1. The van der Waals surface area contributed by atoms with E-state index in [2.05, 4.69) is 20.6 Å². The molecule has 1 aromatic carbocycles. The van der Waals surface area contributed by atoms with Gasteiger partial charge in [0.1, 0.15) is 11.6 Å². The molecule has 1 aromatic heterocycles. The molecule has 0 saturated carbocycles. The minimum atomic E-state index is 0.635. The molecule has 106 valence electrons. The molecular weight excluding hydrogens is 252 g/mol. The lowest BCUT2D eigenvalue weighted by Gasteiger charge is -2.10. The van der Waals surface area contributed by atoms with E-state index in [-0.39, 0.29) is 0 Å². The van der Waals surface area contributed by atoms with E-state index in [1.54, 1.807) is 0 Å². The minimum absolute atomic E-state index is 0.635. The summed E-state index contributed by atoms with van der Waals surface area (Å²) in [6.07, 6.45) is 0. The molecule has 1 heterocycles. The number of hydrogen-bond donors (Lipinski definition) is 2. The van der Waals surface area contributed by atoms with Crippen molar-refractivity contribution < 1.29 is 4.74 Å². The average molecular weight is 272 g/mol. The van der Waals surface area contributed by atoms with Crippen LogP contribution >= 0.6 is 0 Å². The molecule has 2 N–H and O–H groups in total. The van der Waals surface area contributed by atoms with Gasteiger partial charge in [0.05, 0.1) is 6.61 Å². The first-order chi connectivity index (χ1) is 9.71. The van der Waals surface area contributed by atoms with Gasteiger partial charge in [0.2, 0.25) is 5.95 Å². The summed E-state index contributed by atoms with van der Waals surface area (Å²) in [5.41, 5.74) is 1.86. The lowest BCUT2D eigenvalue weighted by Crippen LogP contribution is -2.05. The van der Waals surface area contributed by atoms with Crippen molar-refractivity contribution in [3.8, 4) is 5.75 Å². The molecule has 5 heteroatoms. The number of aryl methyl sites for hydroxylation is 1.